The van der Waals surface area contributed by atoms with E-state index in [-0.39, 0.29) is 12.4 Å². The molecule has 1 aromatic heterocycles. The Morgan fingerprint density at radius 3 is 2.38 bits per heavy atom. The van der Waals surface area contributed by atoms with Gasteiger partial charge in [-0.25, -0.2) is 4.79 Å². The maximum absolute atomic E-state index is 12.0. The van der Waals surface area contributed by atoms with Gasteiger partial charge in [-0.05, 0) is 13.8 Å². The summed E-state index contributed by atoms with van der Waals surface area (Å²) in [5.74, 6) is -0.619. The SMILES string of the molecule is CCOC(=O)c1cc[n+](-c2ccccc2)c(C)c1C(C)=O. The van der Waals surface area contributed by atoms with Crippen LogP contribution in [0.2, 0.25) is 0 Å². The van der Waals surface area contributed by atoms with E-state index in [9.17, 15) is 9.59 Å². The predicted molar refractivity (Wildman–Crippen MR) is 78.7 cm³/mol. The maximum atomic E-state index is 12.0. The summed E-state index contributed by atoms with van der Waals surface area (Å²) in [6.45, 7) is 5.31. The first kappa shape index (κ1) is 14.9. The second-order valence-electron chi connectivity index (χ2n) is 4.67. The van der Waals surface area contributed by atoms with Crippen molar-refractivity contribution < 1.29 is 18.9 Å². The highest BCUT2D eigenvalue weighted by Crippen LogP contribution is 2.15. The van der Waals surface area contributed by atoms with Crippen LogP contribution in [0, 0.1) is 6.92 Å². The van der Waals surface area contributed by atoms with Gasteiger partial charge < -0.3 is 4.74 Å². The quantitative estimate of drug-likeness (QED) is 0.492. The van der Waals surface area contributed by atoms with Crippen LogP contribution in [0.25, 0.3) is 5.69 Å². The fourth-order valence-electron chi connectivity index (χ4n) is 2.35. The predicted octanol–water partition coefficient (Wildman–Crippen LogP) is 2.65. The third-order valence-corrected chi connectivity index (χ3v) is 3.26. The molecule has 0 amide bonds. The minimum absolute atomic E-state index is 0.152. The third-order valence-electron chi connectivity index (χ3n) is 3.26. The van der Waals surface area contributed by atoms with Gasteiger partial charge in [0.15, 0.2) is 17.7 Å². The Morgan fingerprint density at radius 2 is 1.81 bits per heavy atom. The number of ether oxygens (including phenoxy) is 1. The van der Waals surface area contributed by atoms with Gasteiger partial charge in [-0.1, -0.05) is 18.2 Å². The number of esters is 1. The number of pyridine rings is 1. The first-order valence-electron chi connectivity index (χ1n) is 6.85. The van der Waals surface area contributed by atoms with Crippen LogP contribution in [-0.2, 0) is 4.74 Å². The molecule has 0 radical (unpaired) electrons. The lowest BCUT2D eigenvalue weighted by molar-refractivity contribution is -0.602. The average Bonchev–Trinajstić information content (AvgIpc) is 2.47. The van der Waals surface area contributed by atoms with Crippen molar-refractivity contribution in [3.63, 3.8) is 0 Å². The fourth-order valence-corrected chi connectivity index (χ4v) is 2.35. The molecule has 0 aliphatic carbocycles. The number of nitrogens with zero attached hydrogens (tertiary/aromatic N) is 1. The molecule has 0 fully saturated rings. The van der Waals surface area contributed by atoms with E-state index in [0.717, 1.165) is 11.4 Å². The summed E-state index contributed by atoms with van der Waals surface area (Å²) >= 11 is 0. The minimum atomic E-state index is -0.467. The molecule has 1 heterocycles. The van der Waals surface area contributed by atoms with Crippen LogP contribution in [0.4, 0.5) is 0 Å². The van der Waals surface area contributed by atoms with Crippen LogP contribution in [0.5, 0.6) is 0 Å². The Kier molecular flexibility index (Phi) is 4.48. The molecule has 0 saturated carbocycles. The molecule has 0 spiro atoms. The zero-order valence-electron chi connectivity index (χ0n) is 12.4. The summed E-state index contributed by atoms with van der Waals surface area (Å²) in [4.78, 5) is 23.9. The zero-order valence-corrected chi connectivity index (χ0v) is 12.4. The van der Waals surface area contributed by atoms with E-state index in [1.54, 1.807) is 19.2 Å². The standard InChI is InChI=1S/C17H18NO3/c1-4-21-17(20)15-10-11-18(12(2)16(15)13(3)19)14-8-6-5-7-9-14/h5-11H,4H2,1-3H3/q+1. The lowest BCUT2D eigenvalue weighted by Crippen LogP contribution is -2.36. The molecule has 0 bridgehead atoms. The zero-order chi connectivity index (χ0) is 15.4. The largest absolute Gasteiger partial charge is 0.462 e. The van der Waals surface area contributed by atoms with E-state index in [1.165, 1.54) is 6.92 Å². The molecule has 0 aliphatic heterocycles. The van der Waals surface area contributed by atoms with E-state index in [0.29, 0.717) is 11.1 Å². The number of aromatic nitrogens is 1. The van der Waals surface area contributed by atoms with Crippen molar-refractivity contribution >= 4 is 11.8 Å². The molecule has 2 aromatic rings. The lowest BCUT2D eigenvalue weighted by Gasteiger charge is -2.09. The Labute approximate surface area is 124 Å². The van der Waals surface area contributed by atoms with Gasteiger partial charge in [-0.3, -0.25) is 4.79 Å². The molecule has 4 nitrogen and oxygen atoms in total. The fraction of sp³-hybridized carbons (Fsp3) is 0.235. The van der Waals surface area contributed by atoms with E-state index in [2.05, 4.69) is 0 Å². The van der Waals surface area contributed by atoms with Gasteiger partial charge in [0.05, 0.1) is 17.7 Å². The van der Waals surface area contributed by atoms with Crippen molar-refractivity contribution in [2.75, 3.05) is 6.61 Å². The van der Waals surface area contributed by atoms with E-state index >= 15 is 0 Å². The Bertz CT molecular complexity index is 678. The van der Waals surface area contributed by atoms with Crippen LogP contribution in [0.15, 0.2) is 42.6 Å². The number of para-hydroxylation sites is 1. The van der Waals surface area contributed by atoms with Crippen molar-refractivity contribution in [3.05, 3.63) is 59.4 Å². The van der Waals surface area contributed by atoms with Crippen molar-refractivity contribution in [2.45, 2.75) is 20.8 Å². The van der Waals surface area contributed by atoms with Crippen LogP contribution in [0.3, 0.4) is 0 Å². The van der Waals surface area contributed by atoms with Gasteiger partial charge in [-0.15, -0.1) is 0 Å². The maximum Gasteiger partial charge on any atom is 0.339 e. The van der Waals surface area contributed by atoms with Gasteiger partial charge >= 0.3 is 5.97 Å². The minimum Gasteiger partial charge on any atom is -0.462 e. The Morgan fingerprint density at radius 1 is 1.14 bits per heavy atom. The average molecular weight is 284 g/mol. The van der Waals surface area contributed by atoms with E-state index in [4.69, 9.17) is 4.74 Å². The summed E-state index contributed by atoms with van der Waals surface area (Å²) in [5, 5.41) is 0. The van der Waals surface area contributed by atoms with Gasteiger partial charge in [0.2, 0.25) is 5.69 Å². The van der Waals surface area contributed by atoms with Gasteiger partial charge in [0.25, 0.3) is 0 Å². The smallest absolute Gasteiger partial charge is 0.339 e. The van der Waals surface area contributed by atoms with E-state index in [1.807, 2.05) is 41.8 Å². The second kappa shape index (κ2) is 6.31. The van der Waals surface area contributed by atoms with E-state index < -0.39 is 5.97 Å². The number of carbonyl (C=O) groups is 2. The van der Waals surface area contributed by atoms with Crippen molar-refractivity contribution in [2.24, 2.45) is 0 Å². The Balaban J connectivity index is 2.61. The van der Waals surface area contributed by atoms with Crippen LogP contribution in [-0.4, -0.2) is 18.4 Å². The summed E-state index contributed by atoms with van der Waals surface area (Å²) in [6.07, 6.45) is 1.78. The van der Waals surface area contributed by atoms with Crippen LogP contribution in [0.1, 0.15) is 40.3 Å². The molecule has 1 aromatic carbocycles. The highest BCUT2D eigenvalue weighted by molar-refractivity contribution is 6.05. The molecule has 0 N–H and O–H groups in total. The molecule has 108 valence electrons. The van der Waals surface area contributed by atoms with Crippen LogP contribution < -0.4 is 4.57 Å². The number of benzene rings is 1. The summed E-state index contributed by atoms with van der Waals surface area (Å²) in [5.41, 5.74) is 2.38. The molecule has 0 atom stereocenters. The van der Waals surface area contributed by atoms with Gasteiger partial charge in [0, 0.05) is 25.1 Å². The van der Waals surface area contributed by atoms with Crippen LogP contribution >= 0.6 is 0 Å². The topological polar surface area (TPSA) is 47.2 Å². The molecule has 0 unspecified atom stereocenters. The summed E-state index contributed by atoms with van der Waals surface area (Å²) in [6, 6.07) is 11.3. The van der Waals surface area contributed by atoms with Crippen molar-refractivity contribution in [1.82, 2.24) is 0 Å². The molecular formula is C17H18NO3+. The number of hydrogen-bond donors (Lipinski definition) is 0. The molecule has 21 heavy (non-hydrogen) atoms. The summed E-state index contributed by atoms with van der Waals surface area (Å²) in [7, 11) is 0. The molecule has 2 rings (SSSR count). The highest BCUT2D eigenvalue weighted by Gasteiger charge is 2.25. The molecule has 4 heteroatoms. The van der Waals surface area contributed by atoms with Gasteiger partial charge in [0.1, 0.15) is 0 Å². The third kappa shape index (κ3) is 2.99. The lowest BCUT2D eigenvalue weighted by atomic mass is 10.0. The molecular weight excluding hydrogens is 266 g/mol. The molecule has 0 saturated heterocycles. The summed E-state index contributed by atoms with van der Waals surface area (Å²) < 4.78 is 6.91. The Hall–Kier alpha value is -2.49. The van der Waals surface area contributed by atoms with Crippen molar-refractivity contribution in [1.29, 1.82) is 0 Å². The molecule has 0 aliphatic rings. The first-order valence-corrected chi connectivity index (χ1v) is 6.85. The number of Topliss-reactive ketones (excluding diaryl/α,β-unsaturated/α-hetero) is 1. The number of ketones is 1. The van der Waals surface area contributed by atoms with Crippen molar-refractivity contribution in [3.8, 4) is 5.69 Å². The highest BCUT2D eigenvalue weighted by atomic mass is 16.5. The number of hydrogen-bond acceptors (Lipinski definition) is 3. The monoisotopic (exact) mass is 284 g/mol. The number of rotatable bonds is 4. The van der Waals surface area contributed by atoms with Gasteiger partial charge in [-0.2, -0.15) is 4.57 Å². The first-order chi connectivity index (χ1) is 10.1. The second-order valence-corrected chi connectivity index (χ2v) is 4.67. The normalized spacial score (nSPS) is 10.2. The number of carbonyl (C=O) groups excluding carboxylic acids is 2.